The normalized spacial score (nSPS) is 11.9. The van der Waals surface area contributed by atoms with Gasteiger partial charge in [0.1, 0.15) is 11.2 Å². The smallest absolute Gasteiger partial charge is 0.145 e. The van der Waals surface area contributed by atoms with E-state index in [4.69, 9.17) is 4.42 Å². The van der Waals surface area contributed by atoms with Gasteiger partial charge in [0.2, 0.25) is 0 Å². The van der Waals surface area contributed by atoms with Crippen molar-refractivity contribution in [2.45, 2.75) is 0 Å². The summed E-state index contributed by atoms with van der Waals surface area (Å²) in [7, 11) is 0. The van der Waals surface area contributed by atoms with Crippen molar-refractivity contribution in [3.63, 3.8) is 0 Å². The number of aromatic nitrogens is 1. The Labute approximate surface area is 163 Å². The number of rotatable bonds is 1. The minimum absolute atomic E-state index is 0.931. The van der Waals surface area contributed by atoms with Gasteiger partial charge in [-0.1, -0.05) is 52.3 Å². The van der Waals surface area contributed by atoms with Gasteiger partial charge in [0.05, 0.1) is 16.4 Å². The molecule has 0 aliphatic carbocycles. The fraction of sp³-hybridized carbons (Fsp3) is 0. The van der Waals surface area contributed by atoms with E-state index in [9.17, 15) is 0 Å². The first kappa shape index (κ1) is 15.1. The molecule has 4 aromatic carbocycles. The summed E-state index contributed by atoms with van der Waals surface area (Å²) in [5, 5.41) is 4.70. The number of furan rings is 1. The van der Waals surface area contributed by atoms with Crippen molar-refractivity contribution < 1.29 is 4.42 Å². The van der Waals surface area contributed by atoms with Gasteiger partial charge in [0.15, 0.2) is 0 Å². The lowest BCUT2D eigenvalue weighted by atomic mass is 10.1. The van der Waals surface area contributed by atoms with E-state index in [1.165, 1.54) is 16.3 Å². The third-order valence-electron chi connectivity index (χ3n) is 5.26. The standard InChI is InChI=1S/C24H14BrNO/c25-15-9-11-16(12-10-15)26-20-7-3-1-6-19(20)23-21(26)14-13-18-17-5-2-4-8-22(17)27-24(18)23/h1-14H. The molecule has 2 heterocycles. The molecule has 0 radical (unpaired) electrons. The average Bonchev–Trinajstić information content (AvgIpc) is 3.24. The van der Waals surface area contributed by atoms with E-state index < -0.39 is 0 Å². The first-order chi connectivity index (χ1) is 13.3. The van der Waals surface area contributed by atoms with Crippen LogP contribution in [0.5, 0.6) is 0 Å². The van der Waals surface area contributed by atoms with E-state index in [0.717, 1.165) is 37.6 Å². The molecule has 0 spiro atoms. The van der Waals surface area contributed by atoms with Crippen molar-refractivity contribution in [2.75, 3.05) is 0 Å². The van der Waals surface area contributed by atoms with Crippen molar-refractivity contribution in [1.82, 2.24) is 4.57 Å². The maximum Gasteiger partial charge on any atom is 0.145 e. The highest BCUT2D eigenvalue weighted by Crippen LogP contribution is 2.40. The molecule has 2 nitrogen and oxygen atoms in total. The maximum absolute atomic E-state index is 6.32. The fourth-order valence-corrected chi connectivity index (χ4v) is 4.37. The maximum atomic E-state index is 6.32. The molecule has 6 rings (SSSR count). The zero-order valence-corrected chi connectivity index (χ0v) is 15.9. The van der Waals surface area contributed by atoms with Crippen molar-refractivity contribution in [3.05, 3.63) is 89.4 Å². The molecule has 0 aliphatic rings. The topological polar surface area (TPSA) is 18.1 Å². The predicted molar refractivity (Wildman–Crippen MR) is 116 cm³/mol. The van der Waals surface area contributed by atoms with Crippen LogP contribution in [0.3, 0.4) is 0 Å². The summed E-state index contributed by atoms with van der Waals surface area (Å²) in [4.78, 5) is 0. The van der Waals surface area contributed by atoms with Crippen LogP contribution in [0.4, 0.5) is 0 Å². The third kappa shape index (κ3) is 2.06. The minimum Gasteiger partial charge on any atom is -0.455 e. The summed E-state index contributed by atoms with van der Waals surface area (Å²) in [6.45, 7) is 0. The minimum atomic E-state index is 0.931. The van der Waals surface area contributed by atoms with Crippen molar-refractivity contribution in [2.24, 2.45) is 0 Å². The van der Waals surface area contributed by atoms with Gasteiger partial charge in [0, 0.05) is 26.3 Å². The third-order valence-corrected chi connectivity index (χ3v) is 5.79. The molecular weight excluding hydrogens is 398 g/mol. The lowest BCUT2D eigenvalue weighted by molar-refractivity contribution is 0.673. The summed E-state index contributed by atoms with van der Waals surface area (Å²) in [5.74, 6) is 0. The van der Waals surface area contributed by atoms with Crippen LogP contribution in [0.25, 0.3) is 49.4 Å². The highest BCUT2D eigenvalue weighted by molar-refractivity contribution is 9.10. The number of halogens is 1. The molecule has 3 heteroatoms. The second-order valence-corrected chi connectivity index (χ2v) is 7.68. The number of hydrogen-bond donors (Lipinski definition) is 0. The molecule has 0 saturated carbocycles. The monoisotopic (exact) mass is 411 g/mol. The summed E-state index contributed by atoms with van der Waals surface area (Å²) in [5.41, 5.74) is 5.37. The Balaban J connectivity index is 1.85. The molecule has 0 bridgehead atoms. The van der Waals surface area contributed by atoms with Gasteiger partial charge < -0.3 is 8.98 Å². The summed E-state index contributed by atoms with van der Waals surface area (Å²) >= 11 is 3.54. The molecule has 0 saturated heterocycles. The van der Waals surface area contributed by atoms with Gasteiger partial charge in [-0.2, -0.15) is 0 Å². The molecule has 6 aromatic rings. The Morgan fingerprint density at radius 1 is 0.630 bits per heavy atom. The van der Waals surface area contributed by atoms with E-state index in [0.29, 0.717) is 0 Å². The van der Waals surface area contributed by atoms with Crippen LogP contribution < -0.4 is 0 Å². The van der Waals surface area contributed by atoms with Crippen LogP contribution in [0.1, 0.15) is 0 Å². The van der Waals surface area contributed by atoms with Gasteiger partial charge in [0.25, 0.3) is 0 Å². The summed E-state index contributed by atoms with van der Waals surface area (Å²) in [6.07, 6.45) is 0. The van der Waals surface area contributed by atoms with Crippen LogP contribution in [0.15, 0.2) is 93.8 Å². The van der Waals surface area contributed by atoms with E-state index in [2.05, 4.69) is 93.3 Å². The molecule has 27 heavy (non-hydrogen) atoms. The SMILES string of the molecule is Brc1ccc(-n2c3ccccc3c3c4oc5ccccc5c4ccc32)cc1. The van der Waals surface area contributed by atoms with E-state index in [-0.39, 0.29) is 0 Å². The van der Waals surface area contributed by atoms with Crippen molar-refractivity contribution in [3.8, 4) is 5.69 Å². The van der Waals surface area contributed by atoms with Crippen LogP contribution in [0, 0.1) is 0 Å². The first-order valence-electron chi connectivity index (χ1n) is 8.90. The Morgan fingerprint density at radius 2 is 1.37 bits per heavy atom. The van der Waals surface area contributed by atoms with Gasteiger partial charge in [-0.15, -0.1) is 0 Å². The lowest BCUT2D eigenvalue weighted by Gasteiger charge is -2.07. The molecular formula is C24H14BrNO. The van der Waals surface area contributed by atoms with Crippen LogP contribution in [0.2, 0.25) is 0 Å². The molecule has 0 fully saturated rings. The predicted octanol–water partition coefficient (Wildman–Crippen LogP) is 7.45. The fourth-order valence-electron chi connectivity index (χ4n) is 4.10. The quantitative estimate of drug-likeness (QED) is 0.274. The van der Waals surface area contributed by atoms with Gasteiger partial charge in [-0.05, 0) is 48.5 Å². The molecule has 0 aliphatic heterocycles. The summed E-state index contributed by atoms with van der Waals surface area (Å²) in [6, 6.07) is 29.6. The molecule has 0 amide bonds. The largest absolute Gasteiger partial charge is 0.455 e. The second-order valence-electron chi connectivity index (χ2n) is 6.76. The van der Waals surface area contributed by atoms with Crippen LogP contribution in [-0.4, -0.2) is 4.57 Å². The number of nitrogens with zero attached hydrogens (tertiary/aromatic N) is 1. The van der Waals surface area contributed by atoms with Crippen LogP contribution in [-0.2, 0) is 0 Å². The average molecular weight is 412 g/mol. The highest BCUT2D eigenvalue weighted by atomic mass is 79.9. The highest BCUT2D eigenvalue weighted by Gasteiger charge is 2.17. The van der Waals surface area contributed by atoms with E-state index >= 15 is 0 Å². The Hall–Kier alpha value is -3.04. The van der Waals surface area contributed by atoms with Gasteiger partial charge in [-0.25, -0.2) is 0 Å². The molecule has 2 aromatic heterocycles. The second kappa shape index (κ2) is 5.48. The first-order valence-corrected chi connectivity index (χ1v) is 9.70. The van der Waals surface area contributed by atoms with Gasteiger partial charge in [-0.3, -0.25) is 0 Å². The molecule has 0 atom stereocenters. The molecule has 0 N–H and O–H groups in total. The zero-order valence-electron chi connectivity index (χ0n) is 14.3. The van der Waals surface area contributed by atoms with Crippen molar-refractivity contribution in [1.29, 1.82) is 0 Å². The molecule has 0 unspecified atom stereocenters. The Bertz CT molecular complexity index is 1470. The van der Waals surface area contributed by atoms with Crippen LogP contribution >= 0.6 is 15.9 Å². The number of benzene rings is 4. The number of hydrogen-bond acceptors (Lipinski definition) is 1. The Kier molecular flexibility index (Phi) is 3.06. The van der Waals surface area contributed by atoms with Crippen molar-refractivity contribution >= 4 is 59.7 Å². The molecule has 128 valence electrons. The van der Waals surface area contributed by atoms with E-state index in [1.807, 2.05) is 12.1 Å². The lowest BCUT2D eigenvalue weighted by Crippen LogP contribution is -1.92. The number of para-hydroxylation sites is 2. The number of fused-ring (bicyclic) bond motifs is 7. The zero-order chi connectivity index (χ0) is 18.0. The van der Waals surface area contributed by atoms with E-state index in [1.54, 1.807) is 0 Å². The summed E-state index contributed by atoms with van der Waals surface area (Å²) < 4.78 is 9.71. The Morgan fingerprint density at radius 3 is 2.22 bits per heavy atom. The van der Waals surface area contributed by atoms with Gasteiger partial charge >= 0.3 is 0 Å².